The number of aryl methyl sites for hydroxylation is 1. The largest absolute Gasteiger partial charge is 0.465 e. The monoisotopic (exact) mass is 313 g/mol. The van der Waals surface area contributed by atoms with Crippen molar-refractivity contribution < 1.29 is 9.53 Å². The average Bonchev–Trinajstić information content (AvgIpc) is 2.84. The SMILES string of the molecule is COC(=O)c1ccc2cc(C)n(Cc3ccccc3Cl)c2c1. The molecular formula is C18H16ClNO2. The van der Waals surface area contributed by atoms with Crippen molar-refractivity contribution in [1.82, 2.24) is 4.57 Å². The molecule has 3 nitrogen and oxygen atoms in total. The first-order valence-corrected chi connectivity index (χ1v) is 7.39. The second kappa shape index (κ2) is 5.85. The molecule has 0 unspecified atom stereocenters. The Morgan fingerprint density at radius 2 is 1.95 bits per heavy atom. The minimum atomic E-state index is -0.329. The molecule has 0 bridgehead atoms. The van der Waals surface area contributed by atoms with Crippen molar-refractivity contribution in [3.05, 3.63) is 70.4 Å². The van der Waals surface area contributed by atoms with Crippen molar-refractivity contribution in [2.75, 3.05) is 7.11 Å². The van der Waals surface area contributed by atoms with E-state index in [9.17, 15) is 4.79 Å². The number of benzene rings is 2. The van der Waals surface area contributed by atoms with Crippen LogP contribution >= 0.6 is 11.6 Å². The molecule has 0 atom stereocenters. The summed E-state index contributed by atoms with van der Waals surface area (Å²) in [5.41, 5.74) is 3.72. The molecule has 1 aromatic heterocycles. The molecule has 0 aliphatic rings. The summed E-state index contributed by atoms with van der Waals surface area (Å²) in [5, 5.41) is 1.84. The first-order valence-electron chi connectivity index (χ1n) is 7.02. The molecule has 0 fully saturated rings. The van der Waals surface area contributed by atoms with Crippen molar-refractivity contribution >= 4 is 28.5 Å². The summed E-state index contributed by atoms with van der Waals surface area (Å²) in [4.78, 5) is 11.7. The van der Waals surface area contributed by atoms with Gasteiger partial charge in [0.2, 0.25) is 0 Å². The number of carbonyl (C=O) groups is 1. The molecule has 22 heavy (non-hydrogen) atoms. The number of rotatable bonds is 3. The summed E-state index contributed by atoms with van der Waals surface area (Å²) in [6, 6.07) is 15.5. The van der Waals surface area contributed by atoms with Crippen LogP contribution in [0.1, 0.15) is 21.6 Å². The smallest absolute Gasteiger partial charge is 0.337 e. The Hall–Kier alpha value is -2.26. The predicted octanol–water partition coefficient (Wildman–Crippen LogP) is 4.44. The fraction of sp³-hybridized carbons (Fsp3) is 0.167. The zero-order valence-corrected chi connectivity index (χ0v) is 13.2. The maximum absolute atomic E-state index is 11.7. The highest BCUT2D eigenvalue weighted by Crippen LogP contribution is 2.24. The third-order valence-corrected chi connectivity index (χ3v) is 4.19. The Morgan fingerprint density at radius 1 is 1.18 bits per heavy atom. The van der Waals surface area contributed by atoms with Crippen LogP contribution < -0.4 is 0 Å². The maximum Gasteiger partial charge on any atom is 0.337 e. The highest BCUT2D eigenvalue weighted by molar-refractivity contribution is 6.31. The lowest BCUT2D eigenvalue weighted by molar-refractivity contribution is 0.0601. The van der Waals surface area contributed by atoms with E-state index in [1.165, 1.54) is 7.11 Å². The minimum absolute atomic E-state index is 0.329. The van der Waals surface area contributed by atoms with Gasteiger partial charge in [-0.15, -0.1) is 0 Å². The van der Waals surface area contributed by atoms with Gasteiger partial charge in [-0.3, -0.25) is 0 Å². The van der Waals surface area contributed by atoms with E-state index in [1.807, 2.05) is 36.4 Å². The molecular weight excluding hydrogens is 298 g/mol. The summed E-state index contributed by atoms with van der Waals surface area (Å²) >= 11 is 6.26. The van der Waals surface area contributed by atoms with Gasteiger partial charge >= 0.3 is 5.97 Å². The van der Waals surface area contributed by atoms with Crippen molar-refractivity contribution in [2.24, 2.45) is 0 Å². The van der Waals surface area contributed by atoms with Crippen molar-refractivity contribution in [1.29, 1.82) is 0 Å². The van der Waals surface area contributed by atoms with E-state index in [0.717, 1.165) is 27.2 Å². The fourth-order valence-corrected chi connectivity index (χ4v) is 2.84. The van der Waals surface area contributed by atoms with Crippen LogP contribution in [0.2, 0.25) is 5.02 Å². The summed E-state index contributed by atoms with van der Waals surface area (Å²) in [6.07, 6.45) is 0. The van der Waals surface area contributed by atoms with Gasteiger partial charge in [0.1, 0.15) is 0 Å². The lowest BCUT2D eigenvalue weighted by atomic mass is 10.1. The molecule has 0 aliphatic carbocycles. The normalized spacial score (nSPS) is 10.9. The van der Waals surface area contributed by atoms with E-state index < -0.39 is 0 Å². The summed E-state index contributed by atoms with van der Waals surface area (Å²) < 4.78 is 6.96. The first-order chi connectivity index (χ1) is 10.6. The van der Waals surface area contributed by atoms with E-state index in [0.29, 0.717) is 12.1 Å². The van der Waals surface area contributed by atoms with Crippen LogP contribution in [0.3, 0.4) is 0 Å². The fourth-order valence-electron chi connectivity index (χ4n) is 2.64. The molecule has 0 spiro atoms. The molecule has 1 heterocycles. The van der Waals surface area contributed by atoms with Gasteiger partial charge in [-0.1, -0.05) is 35.9 Å². The van der Waals surface area contributed by atoms with E-state index >= 15 is 0 Å². The van der Waals surface area contributed by atoms with Gasteiger partial charge in [0.05, 0.1) is 12.7 Å². The first kappa shape index (κ1) is 14.7. The number of halogens is 1. The van der Waals surface area contributed by atoms with Crippen LogP contribution in [0.15, 0.2) is 48.5 Å². The van der Waals surface area contributed by atoms with Crippen LogP contribution in [0.4, 0.5) is 0 Å². The number of esters is 1. The molecule has 0 saturated heterocycles. The molecule has 0 saturated carbocycles. The van der Waals surface area contributed by atoms with Gasteiger partial charge in [0.15, 0.2) is 0 Å². The number of methoxy groups -OCH3 is 1. The summed E-state index contributed by atoms with van der Waals surface area (Å²) in [5.74, 6) is -0.329. The Bertz CT molecular complexity index is 851. The number of carbonyl (C=O) groups excluding carboxylic acids is 1. The number of ether oxygens (including phenoxy) is 1. The predicted molar refractivity (Wildman–Crippen MR) is 88.6 cm³/mol. The number of aromatic nitrogens is 1. The van der Waals surface area contributed by atoms with Crippen LogP contribution in [-0.4, -0.2) is 17.6 Å². The summed E-state index contributed by atoms with van der Waals surface area (Å²) in [7, 11) is 1.39. The van der Waals surface area contributed by atoms with Crippen molar-refractivity contribution in [3.8, 4) is 0 Å². The van der Waals surface area contributed by atoms with E-state index in [4.69, 9.17) is 16.3 Å². The Morgan fingerprint density at radius 3 is 2.68 bits per heavy atom. The van der Waals surface area contributed by atoms with Gasteiger partial charge in [0.25, 0.3) is 0 Å². The van der Waals surface area contributed by atoms with E-state index in [-0.39, 0.29) is 5.97 Å². The molecule has 0 radical (unpaired) electrons. The lowest BCUT2D eigenvalue weighted by Gasteiger charge is -2.10. The quantitative estimate of drug-likeness (QED) is 0.669. The number of fused-ring (bicyclic) bond motifs is 1. The highest BCUT2D eigenvalue weighted by atomic mass is 35.5. The van der Waals surface area contributed by atoms with E-state index in [1.54, 1.807) is 6.07 Å². The van der Waals surface area contributed by atoms with Crippen molar-refractivity contribution in [2.45, 2.75) is 13.5 Å². The molecule has 0 N–H and O–H groups in total. The molecule has 112 valence electrons. The average molecular weight is 314 g/mol. The van der Waals surface area contributed by atoms with Gasteiger partial charge in [0, 0.05) is 22.8 Å². The third-order valence-electron chi connectivity index (χ3n) is 3.82. The zero-order chi connectivity index (χ0) is 15.7. The van der Waals surface area contributed by atoms with Crippen LogP contribution in [0, 0.1) is 6.92 Å². The second-order valence-corrected chi connectivity index (χ2v) is 5.64. The highest BCUT2D eigenvalue weighted by Gasteiger charge is 2.12. The van der Waals surface area contributed by atoms with Gasteiger partial charge in [-0.05, 0) is 42.1 Å². The standard InChI is InChI=1S/C18H16ClNO2/c1-12-9-13-7-8-14(18(21)22-2)10-17(13)20(12)11-15-5-3-4-6-16(15)19/h3-10H,11H2,1-2H3. The second-order valence-electron chi connectivity index (χ2n) is 5.23. The Labute approximate surface area is 134 Å². The molecule has 3 aromatic rings. The van der Waals surface area contributed by atoms with Crippen molar-refractivity contribution in [3.63, 3.8) is 0 Å². The molecule has 0 aliphatic heterocycles. The molecule has 2 aromatic carbocycles. The lowest BCUT2D eigenvalue weighted by Crippen LogP contribution is -2.04. The Kier molecular flexibility index (Phi) is 3.90. The number of hydrogen-bond acceptors (Lipinski definition) is 2. The molecule has 3 rings (SSSR count). The van der Waals surface area contributed by atoms with Gasteiger partial charge in [-0.25, -0.2) is 4.79 Å². The number of nitrogens with zero attached hydrogens (tertiary/aromatic N) is 1. The van der Waals surface area contributed by atoms with Gasteiger partial charge < -0.3 is 9.30 Å². The van der Waals surface area contributed by atoms with Crippen LogP contribution in [0.5, 0.6) is 0 Å². The topological polar surface area (TPSA) is 31.2 Å². The third kappa shape index (κ3) is 2.60. The number of hydrogen-bond donors (Lipinski definition) is 0. The van der Waals surface area contributed by atoms with Crippen LogP contribution in [-0.2, 0) is 11.3 Å². The van der Waals surface area contributed by atoms with Gasteiger partial charge in [-0.2, -0.15) is 0 Å². The van der Waals surface area contributed by atoms with E-state index in [2.05, 4.69) is 17.6 Å². The van der Waals surface area contributed by atoms with Crippen LogP contribution in [0.25, 0.3) is 10.9 Å². The molecule has 4 heteroatoms. The molecule has 0 amide bonds. The zero-order valence-electron chi connectivity index (χ0n) is 12.5. The summed E-state index contributed by atoms with van der Waals surface area (Å²) in [6.45, 7) is 2.72. The Balaban J connectivity index is 2.10. The minimum Gasteiger partial charge on any atom is -0.465 e. The maximum atomic E-state index is 11.7.